The Bertz CT molecular complexity index is 2520. The van der Waals surface area contributed by atoms with E-state index in [1.807, 2.05) is 0 Å². The summed E-state index contributed by atoms with van der Waals surface area (Å²) >= 11 is 0. The van der Waals surface area contributed by atoms with Gasteiger partial charge in [-0.25, -0.2) is 22.5 Å². The van der Waals surface area contributed by atoms with Crippen LogP contribution in [0.25, 0.3) is 33.4 Å². The van der Waals surface area contributed by atoms with Crippen LogP contribution in [0.1, 0.15) is 44.6 Å². The molecule has 3 aromatic rings. The SMILES string of the molecule is N#CC(C#N)=C1C(c2cc(F)c(C#N)cc2F)=C(C#N)c2c(F)c3c(c(F)c21)C(C#N)=C(c1ccc(C#N)nc1F)C3=C(C#N)C#N. The molecule has 0 atom stereocenters. The summed E-state index contributed by atoms with van der Waals surface area (Å²) in [5.74, 6) is -7.32. The Morgan fingerprint density at radius 1 is 0.532 bits per heavy atom. The molecule has 0 unspecified atom stereocenters. The van der Waals surface area contributed by atoms with Crippen molar-refractivity contribution in [1.82, 2.24) is 4.98 Å². The third-order valence-electron chi connectivity index (χ3n) is 7.23. The van der Waals surface area contributed by atoms with Gasteiger partial charge in [0.15, 0.2) is 0 Å². The third-order valence-corrected chi connectivity index (χ3v) is 7.23. The number of benzene rings is 2. The summed E-state index contributed by atoms with van der Waals surface area (Å²) in [6.45, 7) is 0. The first-order chi connectivity index (χ1) is 22.6. The zero-order valence-corrected chi connectivity index (χ0v) is 22.7. The lowest BCUT2D eigenvalue weighted by atomic mass is 9.88. The Kier molecular flexibility index (Phi) is 7.36. The number of aromatic nitrogens is 1. The van der Waals surface area contributed by atoms with Crippen LogP contribution in [-0.2, 0) is 0 Å². The van der Waals surface area contributed by atoms with Crippen molar-refractivity contribution in [3.8, 4) is 48.6 Å². The maximum atomic E-state index is 16.9. The fourth-order valence-electron chi connectivity index (χ4n) is 5.42. The van der Waals surface area contributed by atoms with Gasteiger partial charge in [0.05, 0.1) is 16.7 Å². The highest BCUT2D eigenvalue weighted by molar-refractivity contribution is 6.30. The van der Waals surface area contributed by atoms with Gasteiger partial charge >= 0.3 is 0 Å². The van der Waals surface area contributed by atoms with Crippen molar-refractivity contribution in [1.29, 1.82) is 42.1 Å². The van der Waals surface area contributed by atoms with Gasteiger partial charge in [0.1, 0.15) is 88.7 Å². The van der Waals surface area contributed by atoms with Crippen molar-refractivity contribution in [2.75, 3.05) is 0 Å². The standard InChI is InChI=1S/C33H4F5N9/c34-21-4-18(22(35)3-13(21)5-39)26-20(12-46)28-30(24(26)15(8-42)9-43)31(36)27-19(11-45)25(17-2-1-16(10-44)47-33(17)38)23(14(6-40)7-41)29(27)32(28)37/h1-4H. The van der Waals surface area contributed by atoms with Crippen LogP contribution < -0.4 is 0 Å². The Balaban J connectivity index is 2.04. The third kappa shape index (κ3) is 4.18. The first-order valence-corrected chi connectivity index (χ1v) is 12.5. The molecular weight excluding hydrogens is 617 g/mol. The summed E-state index contributed by atoms with van der Waals surface area (Å²) in [7, 11) is 0. The van der Waals surface area contributed by atoms with Crippen molar-refractivity contribution >= 4 is 33.4 Å². The van der Waals surface area contributed by atoms with Gasteiger partial charge in [-0.05, 0) is 24.3 Å². The molecule has 0 saturated heterocycles. The second-order valence-corrected chi connectivity index (χ2v) is 9.37. The van der Waals surface area contributed by atoms with Crippen LogP contribution in [0.2, 0.25) is 0 Å². The Hall–Kier alpha value is -7.88. The number of fused-ring (bicyclic) bond motifs is 2. The van der Waals surface area contributed by atoms with Crippen LogP contribution in [0.3, 0.4) is 0 Å². The van der Waals surface area contributed by atoms with E-state index >= 15 is 17.6 Å². The molecule has 0 aliphatic heterocycles. The van der Waals surface area contributed by atoms with Gasteiger partial charge in [-0.15, -0.1) is 0 Å². The van der Waals surface area contributed by atoms with Crippen LogP contribution >= 0.6 is 0 Å². The highest BCUT2D eigenvalue weighted by Gasteiger charge is 2.45. The number of rotatable bonds is 2. The smallest absolute Gasteiger partial charge is 0.208 e. The van der Waals surface area contributed by atoms with Crippen LogP contribution in [0.15, 0.2) is 35.4 Å². The van der Waals surface area contributed by atoms with Crippen molar-refractivity contribution in [3.05, 3.63) is 109 Å². The molecule has 0 amide bonds. The predicted octanol–water partition coefficient (Wildman–Crippen LogP) is 6.02. The number of hydrogen-bond acceptors (Lipinski definition) is 9. The molecule has 0 radical (unpaired) electrons. The van der Waals surface area contributed by atoms with Crippen LogP contribution in [-0.4, -0.2) is 4.98 Å². The fraction of sp³-hybridized carbons (Fsp3) is 0. The fourth-order valence-corrected chi connectivity index (χ4v) is 5.42. The molecular formula is C33H4F5N9. The van der Waals surface area contributed by atoms with Gasteiger partial charge in [-0.2, -0.15) is 46.5 Å². The molecule has 5 rings (SSSR count). The van der Waals surface area contributed by atoms with E-state index in [4.69, 9.17) is 10.5 Å². The molecule has 47 heavy (non-hydrogen) atoms. The number of allylic oxidation sites excluding steroid dienone is 8. The zero-order valence-electron chi connectivity index (χ0n) is 22.7. The molecule has 14 heteroatoms. The van der Waals surface area contributed by atoms with Crippen LogP contribution in [0.5, 0.6) is 0 Å². The number of pyridine rings is 1. The van der Waals surface area contributed by atoms with E-state index in [0.717, 1.165) is 12.1 Å². The highest BCUT2D eigenvalue weighted by atomic mass is 19.1. The lowest BCUT2D eigenvalue weighted by Gasteiger charge is -2.14. The lowest BCUT2D eigenvalue weighted by molar-refractivity contribution is 0.579. The summed E-state index contributed by atoms with van der Waals surface area (Å²) < 4.78 is 79.2. The average molecular weight is 621 g/mol. The predicted molar refractivity (Wildman–Crippen MR) is 147 cm³/mol. The molecule has 0 fully saturated rings. The first-order valence-electron chi connectivity index (χ1n) is 12.5. The van der Waals surface area contributed by atoms with Crippen LogP contribution in [0, 0.1) is 120 Å². The van der Waals surface area contributed by atoms with Gasteiger partial charge in [0.2, 0.25) is 5.95 Å². The van der Waals surface area contributed by atoms with E-state index in [1.54, 1.807) is 12.1 Å². The summed E-state index contributed by atoms with van der Waals surface area (Å²) in [5, 5.41) is 77.6. The number of nitriles is 8. The summed E-state index contributed by atoms with van der Waals surface area (Å²) in [5.41, 5.74) is -13.5. The van der Waals surface area contributed by atoms with E-state index < -0.39 is 118 Å². The molecule has 0 spiro atoms. The molecule has 1 aromatic heterocycles. The van der Waals surface area contributed by atoms with Gasteiger partial charge in [0, 0.05) is 55.7 Å². The molecule has 9 nitrogen and oxygen atoms in total. The van der Waals surface area contributed by atoms with E-state index in [1.165, 1.54) is 36.4 Å². The van der Waals surface area contributed by atoms with Crippen molar-refractivity contribution < 1.29 is 22.0 Å². The van der Waals surface area contributed by atoms with Gasteiger partial charge in [-0.3, -0.25) is 0 Å². The monoisotopic (exact) mass is 621 g/mol. The lowest BCUT2D eigenvalue weighted by Crippen LogP contribution is -2.05. The second kappa shape index (κ2) is 11.3. The van der Waals surface area contributed by atoms with E-state index in [-0.39, 0.29) is 0 Å². The minimum absolute atomic E-state index is 0.425. The number of nitrogens with zero attached hydrogens (tertiary/aromatic N) is 9. The quantitative estimate of drug-likeness (QED) is 0.186. The number of halogens is 5. The van der Waals surface area contributed by atoms with Crippen molar-refractivity contribution in [3.63, 3.8) is 0 Å². The van der Waals surface area contributed by atoms with E-state index in [0.29, 0.717) is 12.1 Å². The maximum Gasteiger partial charge on any atom is 0.222 e. The topological polar surface area (TPSA) is 203 Å². The minimum Gasteiger partial charge on any atom is -0.208 e. The van der Waals surface area contributed by atoms with Gasteiger partial charge in [0.25, 0.3) is 0 Å². The molecule has 1 heterocycles. The molecule has 2 aliphatic carbocycles. The molecule has 0 N–H and O–H groups in total. The normalized spacial score (nSPS) is 12.4. The van der Waals surface area contributed by atoms with Crippen molar-refractivity contribution in [2.45, 2.75) is 0 Å². The van der Waals surface area contributed by atoms with Gasteiger partial charge < -0.3 is 0 Å². The zero-order chi connectivity index (χ0) is 34.3. The Labute approximate surface area is 260 Å². The summed E-state index contributed by atoms with van der Waals surface area (Å²) in [4.78, 5) is 3.41. The second-order valence-electron chi connectivity index (χ2n) is 9.37. The minimum atomic E-state index is -1.60. The van der Waals surface area contributed by atoms with Crippen molar-refractivity contribution in [2.24, 2.45) is 0 Å². The van der Waals surface area contributed by atoms with Gasteiger partial charge in [-0.1, -0.05) is 0 Å². The Morgan fingerprint density at radius 3 is 1.43 bits per heavy atom. The summed E-state index contributed by atoms with van der Waals surface area (Å²) in [6, 6.07) is 14.7. The van der Waals surface area contributed by atoms with Crippen LogP contribution in [0.4, 0.5) is 22.0 Å². The molecule has 2 aromatic carbocycles. The molecule has 0 saturated carbocycles. The molecule has 2 aliphatic rings. The first kappa shape index (κ1) is 30.6. The summed E-state index contributed by atoms with van der Waals surface area (Å²) in [6.07, 6.45) is 0. The Morgan fingerprint density at radius 2 is 1.02 bits per heavy atom. The largest absolute Gasteiger partial charge is 0.222 e. The average Bonchev–Trinajstić information content (AvgIpc) is 3.60. The maximum absolute atomic E-state index is 16.9. The molecule has 0 bridgehead atoms. The van der Waals surface area contributed by atoms with E-state index in [9.17, 15) is 36.0 Å². The number of hydrogen-bond donors (Lipinski definition) is 0. The highest BCUT2D eigenvalue weighted by Crippen LogP contribution is 2.57. The van der Waals surface area contributed by atoms with E-state index in [2.05, 4.69) is 4.98 Å². The molecule has 216 valence electrons.